The number of carbonyl (C=O) groups excluding carboxylic acids is 4. The zero-order chi connectivity index (χ0) is 18.2. The first-order valence-electron chi connectivity index (χ1n) is 7.86. The van der Waals surface area contributed by atoms with Gasteiger partial charge >= 0.3 is 12.0 Å². The number of amides is 4. The average molecular weight is 352 g/mol. The van der Waals surface area contributed by atoms with Gasteiger partial charge in [0, 0.05) is 13.1 Å². The second-order valence-electron chi connectivity index (χ2n) is 5.12. The Labute approximate surface area is 144 Å². The number of urea groups is 1. The average Bonchev–Trinajstić information content (AvgIpc) is 3.28. The van der Waals surface area contributed by atoms with Crippen LogP contribution in [0.4, 0.5) is 4.79 Å². The van der Waals surface area contributed by atoms with Crippen molar-refractivity contribution in [1.29, 1.82) is 0 Å². The number of nitrogens with zero attached hydrogens (tertiary/aromatic N) is 2. The van der Waals surface area contributed by atoms with Gasteiger partial charge in [-0.1, -0.05) is 0 Å². The summed E-state index contributed by atoms with van der Waals surface area (Å²) in [7, 11) is 0. The van der Waals surface area contributed by atoms with Gasteiger partial charge in [-0.2, -0.15) is 0 Å². The third kappa shape index (κ3) is 4.96. The number of carbonyl (C=O) groups is 4. The molecule has 0 spiro atoms. The van der Waals surface area contributed by atoms with Gasteiger partial charge in [-0.25, -0.2) is 14.8 Å². The number of rotatable bonds is 6. The highest BCUT2D eigenvalue weighted by Crippen LogP contribution is 2.10. The molecule has 0 aromatic carbocycles. The summed E-state index contributed by atoms with van der Waals surface area (Å²) >= 11 is 0. The maximum absolute atomic E-state index is 12.2. The molecule has 0 atom stereocenters. The van der Waals surface area contributed by atoms with Crippen LogP contribution in [0.1, 0.15) is 23.9 Å². The van der Waals surface area contributed by atoms with Crippen LogP contribution in [0.2, 0.25) is 0 Å². The second kappa shape index (κ2) is 8.71. The van der Waals surface area contributed by atoms with Crippen LogP contribution in [0.3, 0.4) is 0 Å². The number of hydrogen-bond acceptors (Lipinski definition) is 6. The molecular formula is C15H20N4O6. The third-order valence-corrected chi connectivity index (χ3v) is 3.39. The standard InChI is InChI=1S/C15H20N4O6/c1-2-24-13(21)10-17-15(23)19-7-4-6-18(19)12(20)9-16-14(22)11-5-3-8-25-11/h3,5,8H,2,4,6-7,9-10H2,1H3,(H,16,22)(H,17,23). The molecule has 0 saturated carbocycles. The monoisotopic (exact) mass is 352 g/mol. The molecule has 1 aromatic heterocycles. The molecule has 0 radical (unpaired) electrons. The number of nitrogens with one attached hydrogen (secondary N) is 2. The van der Waals surface area contributed by atoms with E-state index in [9.17, 15) is 19.2 Å². The van der Waals surface area contributed by atoms with Crippen LogP contribution >= 0.6 is 0 Å². The summed E-state index contributed by atoms with van der Waals surface area (Å²) in [5.41, 5.74) is 0. The Bertz CT molecular complexity index is 630. The first-order valence-corrected chi connectivity index (χ1v) is 7.86. The molecule has 0 aliphatic carbocycles. The molecule has 1 aliphatic rings. The maximum atomic E-state index is 12.2. The fourth-order valence-electron chi connectivity index (χ4n) is 2.28. The lowest BCUT2D eigenvalue weighted by molar-refractivity contribution is -0.141. The van der Waals surface area contributed by atoms with Crippen LogP contribution in [0.5, 0.6) is 0 Å². The van der Waals surface area contributed by atoms with E-state index in [0.29, 0.717) is 19.5 Å². The molecule has 0 unspecified atom stereocenters. The molecule has 2 heterocycles. The number of furan rings is 1. The quantitative estimate of drug-likeness (QED) is 0.680. The van der Waals surface area contributed by atoms with Crippen LogP contribution in [0.25, 0.3) is 0 Å². The normalized spacial score (nSPS) is 13.5. The molecule has 136 valence electrons. The van der Waals surface area contributed by atoms with E-state index in [1.807, 2.05) is 0 Å². The van der Waals surface area contributed by atoms with E-state index in [1.54, 1.807) is 13.0 Å². The Morgan fingerprint density at radius 3 is 2.60 bits per heavy atom. The Kier molecular flexibility index (Phi) is 6.38. The third-order valence-electron chi connectivity index (χ3n) is 3.39. The lowest BCUT2D eigenvalue weighted by atomic mass is 10.4. The predicted molar refractivity (Wildman–Crippen MR) is 84.1 cm³/mol. The number of esters is 1. The SMILES string of the molecule is CCOC(=O)CNC(=O)N1CCCN1C(=O)CNC(=O)c1ccco1. The number of hydrogen-bond donors (Lipinski definition) is 2. The van der Waals surface area contributed by atoms with Gasteiger partial charge in [-0.15, -0.1) is 0 Å². The zero-order valence-electron chi connectivity index (χ0n) is 13.8. The highest BCUT2D eigenvalue weighted by atomic mass is 16.5. The predicted octanol–water partition coefficient (Wildman–Crippen LogP) is -0.269. The summed E-state index contributed by atoms with van der Waals surface area (Å²) in [6.07, 6.45) is 1.96. The van der Waals surface area contributed by atoms with Crippen LogP contribution in [-0.2, 0) is 14.3 Å². The van der Waals surface area contributed by atoms with Crippen molar-refractivity contribution in [2.75, 3.05) is 32.8 Å². The molecule has 1 fully saturated rings. The van der Waals surface area contributed by atoms with Crippen molar-refractivity contribution < 1.29 is 28.3 Å². The minimum atomic E-state index is -0.573. The lowest BCUT2D eigenvalue weighted by Crippen LogP contribution is -2.52. The van der Waals surface area contributed by atoms with Crippen LogP contribution in [0, 0.1) is 0 Å². The second-order valence-corrected chi connectivity index (χ2v) is 5.12. The first-order chi connectivity index (χ1) is 12.0. The van der Waals surface area contributed by atoms with Gasteiger partial charge in [0.1, 0.15) is 6.54 Å². The van der Waals surface area contributed by atoms with E-state index < -0.39 is 23.8 Å². The van der Waals surface area contributed by atoms with Crippen molar-refractivity contribution in [3.63, 3.8) is 0 Å². The van der Waals surface area contributed by atoms with E-state index in [2.05, 4.69) is 10.6 Å². The van der Waals surface area contributed by atoms with Crippen LogP contribution in [-0.4, -0.2) is 66.6 Å². The fraction of sp³-hybridized carbons (Fsp3) is 0.467. The smallest absolute Gasteiger partial charge is 0.336 e. The summed E-state index contributed by atoms with van der Waals surface area (Å²) < 4.78 is 9.65. The molecule has 0 bridgehead atoms. The highest BCUT2D eigenvalue weighted by Gasteiger charge is 2.31. The van der Waals surface area contributed by atoms with Crippen LogP contribution in [0.15, 0.2) is 22.8 Å². The van der Waals surface area contributed by atoms with E-state index in [4.69, 9.17) is 9.15 Å². The Morgan fingerprint density at radius 2 is 1.92 bits per heavy atom. The fourth-order valence-corrected chi connectivity index (χ4v) is 2.28. The van der Waals surface area contributed by atoms with Gasteiger partial charge in [0.15, 0.2) is 5.76 Å². The van der Waals surface area contributed by atoms with Crippen molar-refractivity contribution in [2.24, 2.45) is 0 Å². The molecule has 4 amide bonds. The number of hydrazine groups is 1. The van der Waals surface area contributed by atoms with E-state index in [1.165, 1.54) is 22.3 Å². The minimum absolute atomic E-state index is 0.0956. The Morgan fingerprint density at radius 1 is 1.16 bits per heavy atom. The van der Waals surface area contributed by atoms with E-state index >= 15 is 0 Å². The Hall–Kier alpha value is -3.04. The summed E-state index contributed by atoms with van der Waals surface area (Å²) in [6.45, 7) is 2.02. The summed E-state index contributed by atoms with van der Waals surface area (Å²) in [5, 5.41) is 7.28. The number of ether oxygens (including phenoxy) is 1. The van der Waals surface area contributed by atoms with Gasteiger partial charge in [-0.3, -0.25) is 14.4 Å². The summed E-state index contributed by atoms with van der Waals surface area (Å²) in [4.78, 5) is 47.4. The molecule has 1 saturated heterocycles. The van der Waals surface area contributed by atoms with Crippen molar-refractivity contribution in [3.05, 3.63) is 24.2 Å². The van der Waals surface area contributed by atoms with Crippen molar-refractivity contribution in [2.45, 2.75) is 13.3 Å². The first kappa shape index (κ1) is 18.3. The molecule has 2 N–H and O–H groups in total. The highest BCUT2D eigenvalue weighted by molar-refractivity contribution is 5.94. The summed E-state index contributed by atoms with van der Waals surface area (Å²) in [6, 6.07) is 2.47. The minimum Gasteiger partial charge on any atom is -0.465 e. The lowest BCUT2D eigenvalue weighted by Gasteiger charge is -2.27. The largest absolute Gasteiger partial charge is 0.465 e. The van der Waals surface area contributed by atoms with Crippen LogP contribution < -0.4 is 10.6 Å². The molecular weight excluding hydrogens is 332 g/mol. The molecule has 10 nitrogen and oxygen atoms in total. The van der Waals surface area contributed by atoms with Gasteiger partial charge in [-0.05, 0) is 25.5 Å². The topological polar surface area (TPSA) is 121 Å². The molecule has 2 rings (SSSR count). The van der Waals surface area contributed by atoms with Gasteiger partial charge in [0.25, 0.3) is 11.8 Å². The van der Waals surface area contributed by atoms with Crippen molar-refractivity contribution >= 4 is 23.8 Å². The molecule has 10 heteroatoms. The summed E-state index contributed by atoms with van der Waals surface area (Å²) in [5.74, 6) is -1.42. The Balaban J connectivity index is 1.82. The van der Waals surface area contributed by atoms with Gasteiger partial charge < -0.3 is 19.8 Å². The molecule has 1 aromatic rings. The molecule has 1 aliphatic heterocycles. The van der Waals surface area contributed by atoms with Crippen molar-refractivity contribution in [1.82, 2.24) is 20.7 Å². The van der Waals surface area contributed by atoms with Gasteiger partial charge in [0.05, 0.1) is 19.4 Å². The zero-order valence-corrected chi connectivity index (χ0v) is 13.8. The molecule has 25 heavy (non-hydrogen) atoms. The van der Waals surface area contributed by atoms with Crippen molar-refractivity contribution in [3.8, 4) is 0 Å². The van der Waals surface area contributed by atoms with Gasteiger partial charge in [0.2, 0.25) is 0 Å². The van der Waals surface area contributed by atoms with E-state index in [0.717, 1.165) is 0 Å². The van der Waals surface area contributed by atoms with E-state index in [-0.39, 0.29) is 25.5 Å². The maximum Gasteiger partial charge on any atom is 0.336 e.